The molecule has 0 aliphatic heterocycles. The van der Waals surface area contributed by atoms with E-state index in [-0.39, 0.29) is 0 Å². The average Bonchev–Trinajstić information content (AvgIpc) is 2.27. The van der Waals surface area contributed by atoms with Gasteiger partial charge in [-0.25, -0.2) is 15.0 Å². The van der Waals surface area contributed by atoms with Crippen LogP contribution in [-0.4, -0.2) is 16.2 Å². The lowest BCUT2D eigenvalue weighted by molar-refractivity contribution is 1.04. The zero-order valence-corrected chi connectivity index (χ0v) is 9.38. The van der Waals surface area contributed by atoms with Crippen molar-refractivity contribution in [2.45, 2.75) is 13.8 Å². The summed E-state index contributed by atoms with van der Waals surface area (Å²) in [5.74, 6) is 0.515. The van der Waals surface area contributed by atoms with Crippen LogP contribution in [-0.2, 0) is 0 Å². The van der Waals surface area contributed by atoms with Crippen molar-refractivity contribution in [3.05, 3.63) is 53.3 Å². The summed E-state index contributed by atoms with van der Waals surface area (Å²) < 4.78 is 0. The molecule has 1 aromatic heterocycles. The average molecular weight is 211 g/mol. The van der Waals surface area contributed by atoms with Crippen LogP contribution in [0.5, 0.6) is 0 Å². The second-order valence-electron chi connectivity index (χ2n) is 3.62. The van der Waals surface area contributed by atoms with Gasteiger partial charge in [0.25, 0.3) is 0 Å². The molecule has 0 unspecified atom stereocenters. The summed E-state index contributed by atoms with van der Waals surface area (Å²) in [6, 6.07) is 11.8. The first-order chi connectivity index (χ1) is 7.74. The van der Waals surface area contributed by atoms with Gasteiger partial charge in [-0.15, -0.1) is 0 Å². The Morgan fingerprint density at radius 1 is 1.00 bits per heavy atom. The van der Waals surface area contributed by atoms with Crippen LogP contribution in [0.3, 0.4) is 0 Å². The van der Waals surface area contributed by atoms with Crippen molar-refractivity contribution in [1.82, 2.24) is 9.97 Å². The van der Waals surface area contributed by atoms with Gasteiger partial charge in [0.15, 0.2) is 0 Å². The maximum absolute atomic E-state index is 4.25. The van der Waals surface area contributed by atoms with Crippen molar-refractivity contribution in [3.63, 3.8) is 0 Å². The van der Waals surface area contributed by atoms with Crippen LogP contribution in [0, 0.1) is 13.8 Å². The topological polar surface area (TPSA) is 38.1 Å². The molecule has 80 valence electrons. The summed E-state index contributed by atoms with van der Waals surface area (Å²) in [6.07, 6.45) is 1.77. The molecule has 0 saturated heterocycles. The lowest BCUT2D eigenvalue weighted by Gasteiger charge is -1.97. The van der Waals surface area contributed by atoms with Gasteiger partial charge in [0, 0.05) is 17.6 Å². The molecule has 0 spiro atoms. The predicted octanol–water partition coefficient (Wildman–Crippen LogP) is 2.84. The molecule has 2 rings (SSSR count). The van der Waals surface area contributed by atoms with Crippen molar-refractivity contribution >= 4 is 12.2 Å². The molecule has 0 fully saturated rings. The maximum Gasteiger partial charge on any atom is 0.249 e. The highest BCUT2D eigenvalue weighted by Gasteiger charge is 1.95. The number of benzene rings is 1. The number of rotatable bonds is 2. The molecule has 2 aromatic rings. The number of hydrogen-bond acceptors (Lipinski definition) is 3. The molecule has 1 heterocycles. The van der Waals surface area contributed by atoms with E-state index in [0.29, 0.717) is 5.95 Å². The zero-order valence-electron chi connectivity index (χ0n) is 9.38. The normalized spacial score (nSPS) is 10.9. The van der Waals surface area contributed by atoms with Crippen molar-refractivity contribution in [1.29, 1.82) is 0 Å². The van der Waals surface area contributed by atoms with Crippen LogP contribution in [0.25, 0.3) is 0 Å². The molecule has 0 aliphatic rings. The first-order valence-electron chi connectivity index (χ1n) is 5.15. The summed E-state index contributed by atoms with van der Waals surface area (Å²) in [4.78, 5) is 12.7. The van der Waals surface area contributed by atoms with E-state index in [4.69, 9.17) is 0 Å². The van der Waals surface area contributed by atoms with Gasteiger partial charge in [-0.05, 0) is 25.5 Å². The number of aromatic nitrogens is 2. The van der Waals surface area contributed by atoms with Gasteiger partial charge in [0.2, 0.25) is 5.95 Å². The fourth-order valence-electron chi connectivity index (χ4n) is 1.44. The van der Waals surface area contributed by atoms with Gasteiger partial charge in [0.05, 0.1) is 0 Å². The predicted molar refractivity (Wildman–Crippen MR) is 65.2 cm³/mol. The largest absolute Gasteiger partial charge is 0.249 e. The van der Waals surface area contributed by atoms with E-state index in [1.807, 2.05) is 50.2 Å². The minimum atomic E-state index is 0.515. The summed E-state index contributed by atoms with van der Waals surface area (Å²) in [6.45, 7) is 3.88. The van der Waals surface area contributed by atoms with Crippen LogP contribution in [0.4, 0.5) is 5.95 Å². The van der Waals surface area contributed by atoms with Crippen LogP contribution in [0.15, 0.2) is 41.4 Å². The number of aryl methyl sites for hydroxylation is 2. The van der Waals surface area contributed by atoms with Crippen LogP contribution in [0.1, 0.15) is 17.0 Å². The van der Waals surface area contributed by atoms with Gasteiger partial charge < -0.3 is 0 Å². The second kappa shape index (κ2) is 4.66. The Morgan fingerprint density at radius 3 is 2.25 bits per heavy atom. The number of hydrogen-bond donors (Lipinski definition) is 0. The van der Waals surface area contributed by atoms with Gasteiger partial charge in [-0.1, -0.05) is 30.3 Å². The molecule has 0 atom stereocenters. The lowest BCUT2D eigenvalue weighted by Crippen LogP contribution is -1.89. The Morgan fingerprint density at radius 2 is 1.62 bits per heavy atom. The third-order valence-corrected chi connectivity index (χ3v) is 2.10. The van der Waals surface area contributed by atoms with Crippen molar-refractivity contribution in [3.8, 4) is 0 Å². The minimum Gasteiger partial charge on any atom is -0.219 e. The van der Waals surface area contributed by atoms with Crippen LogP contribution >= 0.6 is 0 Å². The standard InChI is InChI=1S/C13H13N3/c1-10-8-11(2)16-13(15-10)14-9-12-6-4-3-5-7-12/h3-9H,1-2H3/b14-9+. The molecule has 0 amide bonds. The van der Waals surface area contributed by atoms with E-state index < -0.39 is 0 Å². The molecule has 0 radical (unpaired) electrons. The number of nitrogens with zero attached hydrogens (tertiary/aromatic N) is 3. The fourth-order valence-corrected chi connectivity index (χ4v) is 1.44. The minimum absolute atomic E-state index is 0.515. The van der Waals surface area contributed by atoms with Crippen LogP contribution < -0.4 is 0 Å². The molecule has 1 aromatic carbocycles. The van der Waals surface area contributed by atoms with Crippen molar-refractivity contribution in [2.75, 3.05) is 0 Å². The summed E-state index contributed by atoms with van der Waals surface area (Å²) in [7, 11) is 0. The first kappa shape index (κ1) is 10.5. The number of aliphatic imine (C=N–C) groups is 1. The van der Waals surface area contributed by atoms with E-state index in [2.05, 4.69) is 15.0 Å². The lowest BCUT2D eigenvalue weighted by atomic mass is 10.2. The van der Waals surface area contributed by atoms with Gasteiger partial charge in [-0.3, -0.25) is 0 Å². The highest BCUT2D eigenvalue weighted by atomic mass is 15.0. The highest BCUT2D eigenvalue weighted by Crippen LogP contribution is 2.07. The van der Waals surface area contributed by atoms with E-state index in [0.717, 1.165) is 17.0 Å². The summed E-state index contributed by atoms with van der Waals surface area (Å²) >= 11 is 0. The molecular weight excluding hydrogens is 198 g/mol. The molecule has 0 bridgehead atoms. The Bertz CT molecular complexity index is 484. The second-order valence-corrected chi connectivity index (χ2v) is 3.62. The Labute approximate surface area is 94.9 Å². The summed E-state index contributed by atoms with van der Waals surface area (Å²) in [5.41, 5.74) is 2.92. The Hall–Kier alpha value is -2.03. The van der Waals surface area contributed by atoms with E-state index >= 15 is 0 Å². The Balaban J connectivity index is 2.24. The molecular formula is C13H13N3. The fraction of sp³-hybridized carbons (Fsp3) is 0.154. The zero-order chi connectivity index (χ0) is 11.4. The summed E-state index contributed by atoms with van der Waals surface area (Å²) in [5, 5.41) is 0. The third kappa shape index (κ3) is 2.73. The van der Waals surface area contributed by atoms with E-state index in [1.165, 1.54) is 0 Å². The smallest absolute Gasteiger partial charge is 0.219 e. The van der Waals surface area contributed by atoms with E-state index in [1.54, 1.807) is 6.21 Å². The SMILES string of the molecule is Cc1cc(C)nc(/N=C/c2ccccc2)n1. The monoisotopic (exact) mass is 211 g/mol. The van der Waals surface area contributed by atoms with Gasteiger partial charge in [0.1, 0.15) is 0 Å². The van der Waals surface area contributed by atoms with Gasteiger partial charge >= 0.3 is 0 Å². The van der Waals surface area contributed by atoms with Crippen molar-refractivity contribution < 1.29 is 0 Å². The first-order valence-corrected chi connectivity index (χ1v) is 5.15. The molecule has 0 saturated carbocycles. The quantitative estimate of drug-likeness (QED) is 0.716. The molecule has 0 aliphatic carbocycles. The van der Waals surface area contributed by atoms with E-state index in [9.17, 15) is 0 Å². The third-order valence-electron chi connectivity index (χ3n) is 2.10. The Kier molecular flexibility index (Phi) is 3.05. The molecule has 0 N–H and O–H groups in total. The van der Waals surface area contributed by atoms with Crippen molar-refractivity contribution in [2.24, 2.45) is 4.99 Å². The molecule has 3 heteroatoms. The van der Waals surface area contributed by atoms with Crippen LogP contribution in [0.2, 0.25) is 0 Å². The highest BCUT2D eigenvalue weighted by molar-refractivity contribution is 5.80. The molecule has 3 nitrogen and oxygen atoms in total. The molecule has 16 heavy (non-hydrogen) atoms. The maximum atomic E-state index is 4.25. The van der Waals surface area contributed by atoms with Gasteiger partial charge in [-0.2, -0.15) is 0 Å².